The zero-order chi connectivity index (χ0) is 11.4. The van der Waals surface area contributed by atoms with Crippen molar-refractivity contribution >= 4 is 5.69 Å². The Morgan fingerprint density at radius 3 is 3.06 bits per heavy atom. The third-order valence-corrected chi connectivity index (χ3v) is 2.67. The van der Waals surface area contributed by atoms with Crippen molar-refractivity contribution in [2.24, 2.45) is 0 Å². The topological polar surface area (TPSA) is 45.5 Å². The minimum absolute atomic E-state index is 0.231. The van der Waals surface area contributed by atoms with Crippen LogP contribution in [-0.2, 0) is 4.74 Å². The highest BCUT2D eigenvalue weighted by Crippen LogP contribution is 2.29. The minimum atomic E-state index is -0.231. The molecule has 0 aromatic heterocycles. The van der Waals surface area contributed by atoms with Crippen LogP contribution in [0.25, 0.3) is 0 Å². The second-order valence-corrected chi connectivity index (χ2v) is 3.59. The van der Waals surface area contributed by atoms with Crippen molar-refractivity contribution in [2.45, 2.75) is 6.04 Å². The summed E-state index contributed by atoms with van der Waals surface area (Å²) < 4.78 is 10.6. The Labute approximate surface area is 95.0 Å². The van der Waals surface area contributed by atoms with Gasteiger partial charge in [-0.05, 0) is 12.1 Å². The van der Waals surface area contributed by atoms with Crippen molar-refractivity contribution in [1.82, 2.24) is 0 Å². The lowest BCUT2D eigenvalue weighted by molar-refractivity contribution is 0.107. The highest BCUT2D eigenvalue weighted by Gasteiger charge is 2.24. The van der Waals surface area contributed by atoms with Crippen LogP contribution in [0.2, 0.25) is 0 Å². The fraction of sp³-hybridized carbons (Fsp3) is 0.417. The van der Waals surface area contributed by atoms with E-state index in [4.69, 9.17) is 14.7 Å². The average Bonchev–Trinajstić information content (AvgIpc) is 2.38. The van der Waals surface area contributed by atoms with Crippen molar-refractivity contribution in [2.75, 3.05) is 31.8 Å². The van der Waals surface area contributed by atoms with E-state index in [1.54, 1.807) is 7.11 Å². The molecular formula is C12H14N2O2. The predicted molar refractivity (Wildman–Crippen MR) is 60.6 cm³/mol. The highest BCUT2D eigenvalue weighted by atomic mass is 16.5. The maximum Gasteiger partial charge on any atom is 0.142 e. The highest BCUT2D eigenvalue weighted by molar-refractivity contribution is 5.60. The van der Waals surface area contributed by atoms with Crippen LogP contribution in [0.5, 0.6) is 5.75 Å². The molecule has 0 aliphatic carbocycles. The van der Waals surface area contributed by atoms with E-state index in [9.17, 15) is 0 Å². The lowest BCUT2D eigenvalue weighted by Crippen LogP contribution is -2.44. The predicted octanol–water partition coefficient (Wildman–Crippen LogP) is 1.42. The Morgan fingerprint density at radius 1 is 1.50 bits per heavy atom. The van der Waals surface area contributed by atoms with E-state index in [0.717, 1.165) is 18.0 Å². The molecular weight excluding hydrogens is 204 g/mol. The van der Waals surface area contributed by atoms with Gasteiger partial charge in [0.2, 0.25) is 0 Å². The first kappa shape index (κ1) is 10.8. The van der Waals surface area contributed by atoms with Gasteiger partial charge in [-0.25, -0.2) is 0 Å². The number of para-hydroxylation sites is 2. The van der Waals surface area contributed by atoms with Crippen LogP contribution in [0, 0.1) is 11.3 Å². The first-order chi connectivity index (χ1) is 7.86. The molecule has 1 fully saturated rings. The first-order valence-corrected chi connectivity index (χ1v) is 5.24. The van der Waals surface area contributed by atoms with Crippen molar-refractivity contribution in [3.8, 4) is 11.8 Å². The molecule has 0 N–H and O–H groups in total. The summed E-state index contributed by atoms with van der Waals surface area (Å²) >= 11 is 0. The number of nitrogens with zero attached hydrogens (tertiary/aromatic N) is 2. The van der Waals surface area contributed by atoms with E-state index in [1.807, 2.05) is 29.2 Å². The molecule has 0 bridgehead atoms. The molecule has 4 heteroatoms. The summed E-state index contributed by atoms with van der Waals surface area (Å²) in [6.07, 6.45) is 0. The lowest BCUT2D eigenvalue weighted by Gasteiger charge is -2.34. The second-order valence-electron chi connectivity index (χ2n) is 3.59. The smallest absolute Gasteiger partial charge is 0.142 e. The number of rotatable bonds is 2. The summed E-state index contributed by atoms with van der Waals surface area (Å²) in [6, 6.07) is 9.75. The van der Waals surface area contributed by atoms with Crippen LogP contribution in [0.15, 0.2) is 24.3 Å². The summed E-state index contributed by atoms with van der Waals surface area (Å²) in [7, 11) is 1.64. The van der Waals surface area contributed by atoms with Gasteiger partial charge >= 0.3 is 0 Å². The maximum atomic E-state index is 9.07. The van der Waals surface area contributed by atoms with Crippen molar-refractivity contribution in [3.63, 3.8) is 0 Å². The fourth-order valence-electron chi connectivity index (χ4n) is 1.87. The third kappa shape index (κ3) is 1.95. The van der Waals surface area contributed by atoms with Gasteiger partial charge in [-0.1, -0.05) is 12.1 Å². The van der Waals surface area contributed by atoms with Gasteiger partial charge in [-0.2, -0.15) is 5.26 Å². The Balaban J connectivity index is 2.31. The second kappa shape index (κ2) is 4.86. The van der Waals surface area contributed by atoms with E-state index >= 15 is 0 Å². The summed E-state index contributed by atoms with van der Waals surface area (Å²) in [6.45, 7) is 1.82. The SMILES string of the molecule is COc1ccccc1N1CCOCC1C#N. The number of anilines is 1. The van der Waals surface area contributed by atoms with Gasteiger partial charge in [-0.3, -0.25) is 0 Å². The van der Waals surface area contributed by atoms with E-state index < -0.39 is 0 Å². The largest absolute Gasteiger partial charge is 0.495 e. The summed E-state index contributed by atoms with van der Waals surface area (Å²) in [5.41, 5.74) is 0.958. The molecule has 1 aromatic rings. The Bertz CT molecular complexity index is 400. The van der Waals surface area contributed by atoms with Gasteiger partial charge in [-0.15, -0.1) is 0 Å². The quantitative estimate of drug-likeness (QED) is 0.753. The number of morpholine rings is 1. The van der Waals surface area contributed by atoms with Crippen LogP contribution in [-0.4, -0.2) is 32.9 Å². The van der Waals surface area contributed by atoms with Crippen LogP contribution in [0.4, 0.5) is 5.69 Å². The van der Waals surface area contributed by atoms with Crippen LogP contribution < -0.4 is 9.64 Å². The first-order valence-electron chi connectivity index (χ1n) is 5.24. The normalized spacial score (nSPS) is 20.2. The van der Waals surface area contributed by atoms with Gasteiger partial charge < -0.3 is 14.4 Å². The van der Waals surface area contributed by atoms with Gasteiger partial charge in [0.05, 0.1) is 32.1 Å². The molecule has 0 saturated carbocycles. The molecule has 1 saturated heterocycles. The number of nitriles is 1. The molecule has 0 radical (unpaired) electrons. The minimum Gasteiger partial charge on any atom is -0.495 e. The molecule has 1 aliphatic rings. The Kier molecular flexibility index (Phi) is 3.28. The number of methoxy groups -OCH3 is 1. The van der Waals surface area contributed by atoms with E-state index in [0.29, 0.717) is 13.2 Å². The fourth-order valence-corrected chi connectivity index (χ4v) is 1.87. The van der Waals surface area contributed by atoms with Crippen LogP contribution in [0.1, 0.15) is 0 Å². The monoisotopic (exact) mass is 218 g/mol. The van der Waals surface area contributed by atoms with E-state index in [1.165, 1.54) is 0 Å². The summed E-state index contributed by atoms with van der Waals surface area (Å²) in [5.74, 6) is 0.796. The maximum absolute atomic E-state index is 9.07. The van der Waals surface area contributed by atoms with Gasteiger partial charge in [0.25, 0.3) is 0 Å². The molecule has 0 amide bonds. The molecule has 1 unspecified atom stereocenters. The number of ether oxygens (including phenoxy) is 2. The van der Waals surface area contributed by atoms with Gasteiger partial charge in [0.1, 0.15) is 11.8 Å². The third-order valence-electron chi connectivity index (χ3n) is 2.67. The van der Waals surface area contributed by atoms with Crippen LogP contribution >= 0.6 is 0 Å². The lowest BCUT2D eigenvalue weighted by atomic mass is 10.2. The van der Waals surface area contributed by atoms with Crippen molar-refractivity contribution in [3.05, 3.63) is 24.3 Å². The molecule has 1 heterocycles. The summed E-state index contributed by atoms with van der Waals surface area (Å²) in [5, 5.41) is 9.07. The Hall–Kier alpha value is -1.73. The zero-order valence-electron chi connectivity index (χ0n) is 9.22. The van der Waals surface area contributed by atoms with E-state index in [-0.39, 0.29) is 6.04 Å². The van der Waals surface area contributed by atoms with Crippen molar-refractivity contribution in [1.29, 1.82) is 5.26 Å². The molecule has 4 nitrogen and oxygen atoms in total. The Morgan fingerprint density at radius 2 is 2.31 bits per heavy atom. The summed E-state index contributed by atoms with van der Waals surface area (Å²) in [4.78, 5) is 2.03. The van der Waals surface area contributed by atoms with Gasteiger partial charge in [0, 0.05) is 6.54 Å². The average molecular weight is 218 g/mol. The molecule has 1 aliphatic heterocycles. The molecule has 16 heavy (non-hydrogen) atoms. The number of benzene rings is 1. The molecule has 0 spiro atoms. The van der Waals surface area contributed by atoms with Gasteiger partial charge in [0.15, 0.2) is 0 Å². The van der Waals surface area contributed by atoms with Crippen molar-refractivity contribution < 1.29 is 9.47 Å². The molecule has 1 aromatic carbocycles. The standard InChI is InChI=1S/C12H14N2O2/c1-15-12-5-3-2-4-11(12)14-6-7-16-9-10(14)8-13/h2-5,10H,6-7,9H2,1H3. The molecule has 1 atom stereocenters. The van der Waals surface area contributed by atoms with Crippen LogP contribution in [0.3, 0.4) is 0 Å². The van der Waals surface area contributed by atoms with E-state index in [2.05, 4.69) is 6.07 Å². The number of hydrogen-bond acceptors (Lipinski definition) is 4. The number of hydrogen-bond donors (Lipinski definition) is 0. The zero-order valence-corrected chi connectivity index (χ0v) is 9.22. The molecule has 2 rings (SSSR count). The molecule has 84 valence electrons.